The first-order valence-corrected chi connectivity index (χ1v) is 8.13. The number of fused-ring (bicyclic) bond motifs is 1. The molecule has 1 aromatic carbocycles. The standard InChI is InChI=1S/C18H23N3/c1-21(12-13-6-7-13)18-15(11-19-16-8-9-16)10-14-4-2-3-5-17(14)20-18/h2-5,10,13,16,19H,6-9,11-12H2,1H3. The molecule has 0 aliphatic heterocycles. The van der Waals surface area contributed by atoms with Crippen LogP contribution in [0, 0.1) is 5.92 Å². The van der Waals surface area contributed by atoms with Gasteiger partial charge in [0.15, 0.2) is 0 Å². The summed E-state index contributed by atoms with van der Waals surface area (Å²) in [5, 5.41) is 4.88. The minimum absolute atomic E-state index is 0.734. The summed E-state index contributed by atoms with van der Waals surface area (Å²) in [5.74, 6) is 2.04. The number of pyridine rings is 1. The van der Waals surface area contributed by atoms with Crippen molar-refractivity contribution in [3.8, 4) is 0 Å². The highest BCUT2D eigenvalue weighted by Crippen LogP contribution is 2.32. The highest BCUT2D eigenvalue weighted by atomic mass is 15.2. The number of nitrogens with zero attached hydrogens (tertiary/aromatic N) is 2. The normalized spacial score (nSPS) is 18.1. The van der Waals surface area contributed by atoms with E-state index >= 15 is 0 Å². The van der Waals surface area contributed by atoms with Crippen LogP contribution >= 0.6 is 0 Å². The Hall–Kier alpha value is -1.61. The first-order valence-electron chi connectivity index (χ1n) is 8.13. The monoisotopic (exact) mass is 281 g/mol. The van der Waals surface area contributed by atoms with Crippen molar-refractivity contribution in [1.82, 2.24) is 10.3 Å². The number of aromatic nitrogens is 1. The van der Waals surface area contributed by atoms with Crippen molar-refractivity contribution in [3.63, 3.8) is 0 Å². The lowest BCUT2D eigenvalue weighted by Crippen LogP contribution is -2.25. The average Bonchev–Trinajstić information content (AvgIpc) is 3.38. The lowest BCUT2D eigenvalue weighted by molar-refractivity contribution is 0.681. The number of nitrogens with one attached hydrogen (secondary N) is 1. The molecular weight excluding hydrogens is 258 g/mol. The Kier molecular flexibility index (Phi) is 3.30. The molecule has 2 aliphatic carbocycles. The van der Waals surface area contributed by atoms with Gasteiger partial charge >= 0.3 is 0 Å². The second-order valence-corrected chi connectivity index (χ2v) is 6.64. The molecule has 0 unspecified atom stereocenters. The van der Waals surface area contributed by atoms with Crippen molar-refractivity contribution in [2.24, 2.45) is 5.92 Å². The molecule has 110 valence electrons. The van der Waals surface area contributed by atoms with Gasteiger partial charge in [0.05, 0.1) is 5.52 Å². The molecule has 21 heavy (non-hydrogen) atoms. The van der Waals surface area contributed by atoms with Gasteiger partial charge in [0.1, 0.15) is 5.82 Å². The smallest absolute Gasteiger partial charge is 0.133 e. The molecular formula is C18H23N3. The Morgan fingerprint density at radius 3 is 2.76 bits per heavy atom. The third-order valence-corrected chi connectivity index (χ3v) is 4.53. The van der Waals surface area contributed by atoms with Crippen LogP contribution in [0.1, 0.15) is 31.2 Å². The fourth-order valence-electron chi connectivity index (χ4n) is 2.93. The van der Waals surface area contributed by atoms with Crippen LogP contribution in [0.25, 0.3) is 10.9 Å². The molecule has 0 amide bonds. The second kappa shape index (κ2) is 5.30. The van der Waals surface area contributed by atoms with Crippen molar-refractivity contribution >= 4 is 16.7 Å². The summed E-state index contributed by atoms with van der Waals surface area (Å²) >= 11 is 0. The van der Waals surface area contributed by atoms with Gasteiger partial charge in [-0.25, -0.2) is 4.98 Å². The lowest BCUT2D eigenvalue weighted by atomic mass is 10.1. The highest BCUT2D eigenvalue weighted by molar-refractivity contribution is 5.81. The predicted octanol–water partition coefficient (Wildman–Crippen LogP) is 3.33. The van der Waals surface area contributed by atoms with Crippen molar-refractivity contribution in [1.29, 1.82) is 0 Å². The van der Waals surface area contributed by atoms with Crippen LogP contribution in [0.15, 0.2) is 30.3 Å². The molecule has 2 saturated carbocycles. The van der Waals surface area contributed by atoms with Crippen LogP contribution < -0.4 is 10.2 Å². The zero-order valence-electron chi connectivity index (χ0n) is 12.7. The highest BCUT2D eigenvalue weighted by Gasteiger charge is 2.25. The van der Waals surface area contributed by atoms with Gasteiger partial charge in [-0.15, -0.1) is 0 Å². The lowest BCUT2D eigenvalue weighted by Gasteiger charge is -2.22. The summed E-state index contributed by atoms with van der Waals surface area (Å²) in [5.41, 5.74) is 2.44. The molecule has 1 N–H and O–H groups in total. The van der Waals surface area contributed by atoms with Crippen LogP contribution in [-0.2, 0) is 6.54 Å². The SMILES string of the molecule is CN(CC1CC1)c1nc2ccccc2cc1CNC1CC1. The van der Waals surface area contributed by atoms with E-state index in [1.54, 1.807) is 0 Å². The van der Waals surface area contributed by atoms with E-state index in [-0.39, 0.29) is 0 Å². The van der Waals surface area contributed by atoms with E-state index in [1.807, 2.05) is 0 Å². The van der Waals surface area contributed by atoms with Gasteiger partial charge in [0.2, 0.25) is 0 Å². The fraction of sp³-hybridized carbons (Fsp3) is 0.500. The first-order chi connectivity index (χ1) is 10.3. The second-order valence-electron chi connectivity index (χ2n) is 6.64. The van der Waals surface area contributed by atoms with Crippen LogP contribution in [0.5, 0.6) is 0 Å². The van der Waals surface area contributed by atoms with E-state index in [4.69, 9.17) is 4.98 Å². The van der Waals surface area contributed by atoms with Crippen molar-refractivity contribution < 1.29 is 0 Å². The van der Waals surface area contributed by atoms with Crippen LogP contribution in [0.4, 0.5) is 5.82 Å². The molecule has 3 nitrogen and oxygen atoms in total. The summed E-state index contributed by atoms with van der Waals surface area (Å²) in [7, 11) is 2.19. The summed E-state index contributed by atoms with van der Waals surface area (Å²) in [4.78, 5) is 7.30. The molecule has 3 heteroatoms. The number of para-hydroxylation sites is 1. The predicted molar refractivity (Wildman–Crippen MR) is 87.6 cm³/mol. The molecule has 0 radical (unpaired) electrons. The average molecular weight is 281 g/mol. The van der Waals surface area contributed by atoms with Crippen LogP contribution in [0.2, 0.25) is 0 Å². The van der Waals surface area contributed by atoms with Gasteiger partial charge in [0.25, 0.3) is 0 Å². The summed E-state index contributed by atoms with van der Waals surface area (Å²) < 4.78 is 0. The summed E-state index contributed by atoms with van der Waals surface area (Å²) in [6.45, 7) is 2.08. The molecule has 0 saturated heterocycles. The maximum absolute atomic E-state index is 4.94. The number of benzene rings is 1. The maximum Gasteiger partial charge on any atom is 0.133 e. The molecule has 4 rings (SSSR count). The summed E-state index contributed by atoms with van der Waals surface area (Å²) in [6, 6.07) is 11.5. The Morgan fingerprint density at radius 2 is 2.00 bits per heavy atom. The van der Waals surface area contributed by atoms with Crippen LogP contribution in [0.3, 0.4) is 0 Å². The van der Waals surface area contributed by atoms with Gasteiger partial charge in [-0.3, -0.25) is 0 Å². The van der Waals surface area contributed by atoms with E-state index in [0.717, 1.165) is 36.4 Å². The first kappa shape index (κ1) is 13.1. The van der Waals surface area contributed by atoms with Gasteiger partial charge in [-0.1, -0.05) is 18.2 Å². The molecule has 2 aromatic rings. The number of anilines is 1. The number of hydrogen-bond acceptors (Lipinski definition) is 3. The molecule has 2 aliphatic rings. The zero-order chi connectivity index (χ0) is 14.2. The number of hydrogen-bond donors (Lipinski definition) is 1. The summed E-state index contributed by atoms with van der Waals surface area (Å²) in [6.07, 6.45) is 5.42. The van der Waals surface area contributed by atoms with Crippen molar-refractivity contribution in [3.05, 3.63) is 35.9 Å². The van der Waals surface area contributed by atoms with Gasteiger partial charge < -0.3 is 10.2 Å². The minimum Gasteiger partial charge on any atom is -0.359 e. The largest absolute Gasteiger partial charge is 0.359 e. The quantitative estimate of drug-likeness (QED) is 0.880. The van der Waals surface area contributed by atoms with Crippen molar-refractivity contribution in [2.45, 2.75) is 38.3 Å². The Bertz CT molecular complexity index is 644. The fourth-order valence-corrected chi connectivity index (χ4v) is 2.93. The van der Waals surface area contributed by atoms with Crippen LogP contribution in [-0.4, -0.2) is 24.6 Å². The molecule has 2 fully saturated rings. The maximum atomic E-state index is 4.94. The zero-order valence-corrected chi connectivity index (χ0v) is 12.7. The van der Waals surface area contributed by atoms with Gasteiger partial charge in [-0.05, 0) is 43.7 Å². The molecule has 1 aromatic heterocycles. The van der Waals surface area contributed by atoms with Gasteiger partial charge in [0, 0.05) is 37.1 Å². The Labute approximate surface area is 126 Å². The van der Waals surface area contributed by atoms with E-state index in [0.29, 0.717) is 0 Å². The van der Waals surface area contributed by atoms with E-state index in [1.165, 1.54) is 36.6 Å². The Morgan fingerprint density at radius 1 is 1.19 bits per heavy atom. The molecule has 0 spiro atoms. The third-order valence-electron chi connectivity index (χ3n) is 4.53. The topological polar surface area (TPSA) is 28.2 Å². The van der Waals surface area contributed by atoms with E-state index < -0.39 is 0 Å². The van der Waals surface area contributed by atoms with Gasteiger partial charge in [-0.2, -0.15) is 0 Å². The van der Waals surface area contributed by atoms with Crippen molar-refractivity contribution in [2.75, 3.05) is 18.5 Å². The Balaban J connectivity index is 1.66. The molecule has 0 atom stereocenters. The number of rotatable bonds is 6. The molecule has 0 bridgehead atoms. The van der Waals surface area contributed by atoms with E-state index in [2.05, 4.69) is 47.6 Å². The third kappa shape index (κ3) is 3.03. The molecule has 1 heterocycles. The minimum atomic E-state index is 0.734. The van der Waals surface area contributed by atoms with E-state index in [9.17, 15) is 0 Å².